The van der Waals surface area contributed by atoms with E-state index in [0.29, 0.717) is 25.9 Å². The molecular weight excluding hydrogens is 517 g/mol. The highest BCUT2D eigenvalue weighted by molar-refractivity contribution is 5.91. The summed E-state index contributed by atoms with van der Waals surface area (Å²) in [6, 6.07) is 1.70. The zero-order valence-corrected chi connectivity index (χ0v) is 21.4. The zero-order valence-electron chi connectivity index (χ0n) is 21.4. The summed E-state index contributed by atoms with van der Waals surface area (Å²) in [5, 5.41) is 12.1. The van der Waals surface area contributed by atoms with Gasteiger partial charge in [0.05, 0.1) is 24.0 Å². The van der Waals surface area contributed by atoms with Crippen LogP contribution in [-0.2, 0) is 0 Å². The molecule has 39 heavy (non-hydrogen) atoms. The molecule has 1 atom stereocenters. The number of alkyl halides is 3. The van der Waals surface area contributed by atoms with Crippen molar-refractivity contribution in [2.24, 2.45) is 5.41 Å². The fraction of sp³-hybridized carbons (Fsp3) is 0.520. The second-order valence-corrected chi connectivity index (χ2v) is 9.90. The molecule has 2 aliphatic rings. The minimum Gasteiger partial charge on any atom is -0.496 e. The van der Waals surface area contributed by atoms with E-state index in [2.05, 4.69) is 31.0 Å². The molecule has 14 heteroatoms. The third kappa shape index (κ3) is 5.52. The Hall–Kier alpha value is -4.15. The molecule has 11 nitrogen and oxygen atoms in total. The number of aromatic amines is 1. The molecule has 5 rings (SSSR count). The smallest absolute Gasteiger partial charge is 0.408 e. The van der Waals surface area contributed by atoms with Gasteiger partial charge in [0.25, 0.3) is 5.91 Å². The molecular formula is C25H27F3N8O3. The van der Waals surface area contributed by atoms with Crippen LogP contribution < -0.4 is 19.7 Å². The molecule has 0 aromatic carbocycles. The number of nitrogens with one attached hydrogen (secondary N) is 2. The minimum absolute atomic E-state index is 0.0193. The van der Waals surface area contributed by atoms with E-state index in [4.69, 9.17) is 9.47 Å². The van der Waals surface area contributed by atoms with Gasteiger partial charge in [0, 0.05) is 25.5 Å². The Kier molecular flexibility index (Phi) is 6.92. The summed E-state index contributed by atoms with van der Waals surface area (Å²) in [7, 11) is 1.61. The number of amides is 1. The zero-order chi connectivity index (χ0) is 27.8. The van der Waals surface area contributed by atoms with Gasteiger partial charge in [-0.2, -0.15) is 33.4 Å². The number of carbonyl (C=O) groups is 1. The van der Waals surface area contributed by atoms with Gasteiger partial charge in [-0.05, 0) is 50.2 Å². The Labute approximate surface area is 221 Å². The van der Waals surface area contributed by atoms with E-state index in [1.807, 2.05) is 22.5 Å². The van der Waals surface area contributed by atoms with Gasteiger partial charge in [0.15, 0.2) is 0 Å². The maximum atomic E-state index is 13.0. The number of aromatic nitrogens is 5. The molecule has 0 bridgehead atoms. The average Bonchev–Trinajstić information content (AvgIpc) is 3.60. The van der Waals surface area contributed by atoms with Gasteiger partial charge in [-0.15, -0.1) is 0 Å². The normalized spacial score (nSPS) is 17.9. The second-order valence-electron chi connectivity index (χ2n) is 9.90. The van der Waals surface area contributed by atoms with Crippen LogP contribution in [-0.4, -0.2) is 69.9 Å². The first-order valence-corrected chi connectivity index (χ1v) is 12.5. The highest BCUT2D eigenvalue weighted by atomic mass is 19.4. The molecule has 0 unspecified atom stereocenters. The molecule has 0 radical (unpaired) electrons. The standard InChI is InChI=1S/C25H27F3N8O3/c1-14(25(26,27)28)32-21(37)20-33-22(35-23(34-20)39-13-24(12-29)6-7-24)36-9-4-15(5-10-36)16-11-31-19-18(16)17(38-2)3-8-30-19/h3,8,11,14-15H,4-7,9-10,13H2,1-2H3,(H,30,31)(H,32,37)/t14-/m0/s1. The van der Waals surface area contributed by atoms with Crippen molar-refractivity contribution in [2.75, 3.05) is 31.7 Å². The lowest BCUT2D eigenvalue weighted by Crippen LogP contribution is -2.44. The number of carbonyl (C=O) groups excluding carboxylic acids is 1. The van der Waals surface area contributed by atoms with Gasteiger partial charge in [0.1, 0.15) is 24.0 Å². The van der Waals surface area contributed by atoms with Crippen molar-refractivity contribution in [1.82, 2.24) is 30.2 Å². The van der Waals surface area contributed by atoms with E-state index >= 15 is 0 Å². The van der Waals surface area contributed by atoms with E-state index < -0.39 is 29.4 Å². The predicted octanol–water partition coefficient (Wildman–Crippen LogP) is 3.50. The molecule has 3 aromatic rings. The highest BCUT2D eigenvalue weighted by Gasteiger charge is 2.44. The van der Waals surface area contributed by atoms with Crippen molar-refractivity contribution < 1.29 is 27.4 Å². The number of piperidine rings is 1. The Balaban J connectivity index is 1.36. The van der Waals surface area contributed by atoms with Crippen LogP contribution in [0, 0.1) is 16.7 Å². The number of hydrogen-bond acceptors (Lipinski definition) is 9. The number of hydrogen-bond donors (Lipinski definition) is 2. The number of rotatable bonds is 8. The van der Waals surface area contributed by atoms with Gasteiger partial charge >= 0.3 is 12.2 Å². The summed E-state index contributed by atoms with van der Waals surface area (Å²) in [5.74, 6) is -0.535. The van der Waals surface area contributed by atoms with E-state index in [1.54, 1.807) is 13.3 Å². The van der Waals surface area contributed by atoms with Crippen molar-refractivity contribution in [1.29, 1.82) is 5.26 Å². The van der Waals surface area contributed by atoms with E-state index in [9.17, 15) is 23.2 Å². The van der Waals surface area contributed by atoms with Crippen molar-refractivity contribution in [3.63, 3.8) is 0 Å². The summed E-state index contributed by atoms with van der Waals surface area (Å²) >= 11 is 0. The monoisotopic (exact) mass is 544 g/mol. The Morgan fingerprint density at radius 2 is 2.05 bits per heavy atom. The SMILES string of the molecule is COc1ccnc2[nH]cc(C3CCN(c4nc(OCC5(C#N)CC5)nc(C(=O)N[C@@H](C)C(F)(F)F)n4)CC3)c12. The van der Waals surface area contributed by atoms with Crippen molar-refractivity contribution in [2.45, 2.75) is 50.7 Å². The van der Waals surface area contributed by atoms with Crippen LogP contribution in [0.2, 0.25) is 0 Å². The maximum absolute atomic E-state index is 13.0. The lowest BCUT2D eigenvalue weighted by molar-refractivity contribution is -0.149. The largest absolute Gasteiger partial charge is 0.496 e. The maximum Gasteiger partial charge on any atom is 0.408 e. The van der Waals surface area contributed by atoms with Crippen LogP contribution in [0.5, 0.6) is 11.8 Å². The Bertz CT molecular complexity index is 1410. The van der Waals surface area contributed by atoms with Crippen LogP contribution in [0.15, 0.2) is 18.5 Å². The topological polar surface area (TPSA) is 142 Å². The summed E-state index contributed by atoms with van der Waals surface area (Å²) in [5.41, 5.74) is 1.19. The van der Waals surface area contributed by atoms with Gasteiger partial charge in [-0.25, -0.2) is 4.98 Å². The molecule has 1 aliphatic heterocycles. The third-order valence-corrected chi connectivity index (χ3v) is 7.22. The summed E-state index contributed by atoms with van der Waals surface area (Å²) in [6.45, 7) is 1.89. The van der Waals surface area contributed by atoms with Crippen molar-refractivity contribution in [3.8, 4) is 17.8 Å². The van der Waals surface area contributed by atoms with E-state index in [-0.39, 0.29) is 24.5 Å². The number of pyridine rings is 1. The average molecular weight is 545 g/mol. The molecule has 206 valence electrons. The van der Waals surface area contributed by atoms with Gasteiger partial charge in [-0.3, -0.25) is 4.79 Å². The lowest BCUT2D eigenvalue weighted by atomic mass is 9.89. The molecule has 2 N–H and O–H groups in total. The fourth-order valence-electron chi connectivity index (χ4n) is 4.57. The van der Waals surface area contributed by atoms with Gasteiger partial charge in [0.2, 0.25) is 11.8 Å². The number of nitrogens with zero attached hydrogens (tertiary/aromatic N) is 6. The van der Waals surface area contributed by atoms with Crippen molar-refractivity contribution >= 4 is 22.9 Å². The molecule has 1 saturated heterocycles. The first-order chi connectivity index (χ1) is 18.6. The van der Waals surface area contributed by atoms with Crippen LogP contribution in [0.3, 0.4) is 0 Å². The minimum atomic E-state index is -4.63. The van der Waals surface area contributed by atoms with Gasteiger partial charge in [-0.1, -0.05) is 0 Å². The predicted molar refractivity (Wildman–Crippen MR) is 132 cm³/mol. The van der Waals surface area contributed by atoms with Crippen LogP contribution in [0.4, 0.5) is 19.1 Å². The molecule has 1 saturated carbocycles. The quantitative estimate of drug-likeness (QED) is 0.436. The number of halogens is 3. The van der Waals surface area contributed by atoms with E-state index in [1.165, 1.54) is 0 Å². The molecule has 2 fully saturated rings. The Morgan fingerprint density at radius 3 is 2.69 bits per heavy atom. The molecule has 4 heterocycles. The summed E-state index contributed by atoms with van der Waals surface area (Å²) in [6.07, 6.45) is 1.75. The number of ether oxygens (including phenoxy) is 2. The highest BCUT2D eigenvalue weighted by Crippen LogP contribution is 2.45. The summed E-state index contributed by atoms with van der Waals surface area (Å²) in [4.78, 5) is 34.5. The van der Waals surface area contributed by atoms with Crippen LogP contribution >= 0.6 is 0 Å². The number of H-pyrrole nitrogens is 1. The number of fused-ring (bicyclic) bond motifs is 1. The second kappa shape index (κ2) is 10.2. The summed E-state index contributed by atoms with van der Waals surface area (Å²) < 4.78 is 50.2. The third-order valence-electron chi connectivity index (χ3n) is 7.22. The first kappa shape index (κ1) is 26.5. The molecule has 0 spiro atoms. The number of anilines is 1. The van der Waals surface area contributed by atoms with Crippen LogP contribution in [0.1, 0.15) is 54.7 Å². The lowest BCUT2D eigenvalue weighted by Gasteiger charge is -2.32. The van der Waals surface area contributed by atoms with Crippen LogP contribution in [0.25, 0.3) is 11.0 Å². The van der Waals surface area contributed by atoms with Crippen molar-refractivity contribution in [3.05, 3.63) is 29.8 Å². The molecule has 1 aliphatic carbocycles. The molecule has 3 aromatic heterocycles. The first-order valence-electron chi connectivity index (χ1n) is 12.5. The Morgan fingerprint density at radius 1 is 1.31 bits per heavy atom. The fourth-order valence-corrected chi connectivity index (χ4v) is 4.57. The number of nitriles is 1. The van der Waals surface area contributed by atoms with Gasteiger partial charge < -0.3 is 24.7 Å². The molecule has 1 amide bonds. The van der Waals surface area contributed by atoms with E-state index in [0.717, 1.165) is 42.1 Å². The number of methoxy groups -OCH3 is 1.